The summed E-state index contributed by atoms with van der Waals surface area (Å²) in [4.78, 5) is 33.1. The first-order chi connectivity index (χ1) is 17.7. The zero-order valence-electron chi connectivity index (χ0n) is 20.5. The smallest absolute Gasteiger partial charge is 0.310 e. The third kappa shape index (κ3) is 5.82. The van der Waals surface area contributed by atoms with Crippen LogP contribution in [0.2, 0.25) is 0 Å². The van der Waals surface area contributed by atoms with Crippen molar-refractivity contribution in [3.8, 4) is 0 Å². The number of nitrogens with zero attached hydrogens (tertiary/aromatic N) is 3. The lowest BCUT2D eigenvalue weighted by atomic mass is 10.1. The van der Waals surface area contributed by atoms with Gasteiger partial charge < -0.3 is 10.2 Å². The lowest BCUT2D eigenvalue weighted by Crippen LogP contribution is -2.39. The lowest BCUT2D eigenvalue weighted by Gasteiger charge is -2.31. The first-order valence-corrected chi connectivity index (χ1v) is 12.0. The molecule has 0 fully saturated rings. The third-order valence-corrected chi connectivity index (χ3v) is 6.10. The molecule has 1 N–H and O–H groups in total. The number of alkyl halides is 3. The van der Waals surface area contributed by atoms with Crippen LogP contribution in [-0.2, 0) is 19.3 Å². The van der Waals surface area contributed by atoms with Gasteiger partial charge in [-0.3, -0.25) is 9.36 Å². The Bertz CT molecular complexity index is 1430. The summed E-state index contributed by atoms with van der Waals surface area (Å²) in [6, 6.07) is 19.5. The predicted molar refractivity (Wildman–Crippen MR) is 137 cm³/mol. The van der Waals surface area contributed by atoms with E-state index >= 15 is 0 Å². The van der Waals surface area contributed by atoms with Crippen LogP contribution in [0, 0.1) is 0 Å². The molecule has 0 aliphatic heterocycles. The molecule has 1 unspecified atom stereocenters. The fourth-order valence-electron chi connectivity index (χ4n) is 4.19. The minimum Gasteiger partial charge on any atom is -0.310 e. The van der Waals surface area contributed by atoms with Crippen molar-refractivity contribution >= 4 is 22.6 Å². The number of amides is 2. The van der Waals surface area contributed by atoms with E-state index < -0.39 is 23.8 Å². The van der Waals surface area contributed by atoms with Crippen LogP contribution < -0.4 is 10.9 Å². The van der Waals surface area contributed by atoms with E-state index in [1.54, 1.807) is 35.8 Å². The Morgan fingerprint density at radius 3 is 2.30 bits per heavy atom. The first kappa shape index (κ1) is 25.9. The van der Waals surface area contributed by atoms with Crippen molar-refractivity contribution in [3.05, 3.63) is 106 Å². The predicted octanol–water partition coefficient (Wildman–Crippen LogP) is 6.62. The topological polar surface area (TPSA) is 67.2 Å². The van der Waals surface area contributed by atoms with Crippen LogP contribution in [0.5, 0.6) is 0 Å². The van der Waals surface area contributed by atoms with Gasteiger partial charge in [0.15, 0.2) is 0 Å². The van der Waals surface area contributed by atoms with E-state index in [1.165, 1.54) is 17.0 Å². The molecule has 0 saturated heterocycles. The van der Waals surface area contributed by atoms with Gasteiger partial charge in [-0.25, -0.2) is 9.78 Å². The van der Waals surface area contributed by atoms with Crippen LogP contribution in [-0.4, -0.2) is 20.5 Å². The second-order valence-electron chi connectivity index (χ2n) is 8.74. The number of fused-ring (bicyclic) bond motifs is 1. The molecule has 1 atom stereocenters. The van der Waals surface area contributed by atoms with E-state index in [-0.39, 0.29) is 17.8 Å². The maximum absolute atomic E-state index is 13.5. The van der Waals surface area contributed by atoms with Crippen LogP contribution >= 0.6 is 0 Å². The van der Waals surface area contributed by atoms with Gasteiger partial charge in [0.2, 0.25) is 0 Å². The highest BCUT2D eigenvalue weighted by Gasteiger charge is 2.30. The monoisotopic (exact) mass is 508 g/mol. The molecule has 0 bridgehead atoms. The maximum Gasteiger partial charge on any atom is 0.416 e. The van der Waals surface area contributed by atoms with Crippen LogP contribution in [0.25, 0.3) is 10.9 Å². The Labute approximate surface area is 212 Å². The van der Waals surface area contributed by atoms with Gasteiger partial charge in [-0.15, -0.1) is 0 Å². The number of anilines is 1. The highest BCUT2D eigenvalue weighted by Crippen LogP contribution is 2.30. The highest BCUT2D eigenvalue weighted by atomic mass is 19.4. The van der Waals surface area contributed by atoms with Crippen LogP contribution in [0.3, 0.4) is 0 Å². The number of hydrogen-bond acceptors (Lipinski definition) is 3. The quantitative estimate of drug-likeness (QED) is 0.305. The fraction of sp³-hybridized carbons (Fsp3) is 0.250. The number of halogens is 3. The van der Waals surface area contributed by atoms with Gasteiger partial charge in [-0.1, -0.05) is 49.4 Å². The van der Waals surface area contributed by atoms with Gasteiger partial charge in [0.1, 0.15) is 5.82 Å². The summed E-state index contributed by atoms with van der Waals surface area (Å²) >= 11 is 0. The average Bonchev–Trinajstić information content (AvgIpc) is 2.89. The number of hydrogen-bond donors (Lipinski definition) is 1. The summed E-state index contributed by atoms with van der Waals surface area (Å²) in [5, 5.41) is 3.20. The first-order valence-electron chi connectivity index (χ1n) is 12.0. The highest BCUT2D eigenvalue weighted by molar-refractivity contribution is 5.89. The van der Waals surface area contributed by atoms with E-state index in [0.717, 1.165) is 17.7 Å². The summed E-state index contributed by atoms with van der Waals surface area (Å²) in [5.74, 6) is 0.434. The summed E-state index contributed by atoms with van der Waals surface area (Å²) in [7, 11) is 0. The van der Waals surface area contributed by atoms with E-state index in [4.69, 9.17) is 4.98 Å². The molecule has 9 heteroatoms. The molecular formula is C28H27F3N4O2. The van der Waals surface area contributed by atoms with Gasteiger partial charge in [-0.05, 0) is 55.3 Å². The molecule has 1 heterocycles. The lowest BCUT2D eigenvalue weighted by molar-refractivity contribution is -0.137. The van der Waals surface area contributed by atoms with Crippen molar-refractivity contribution in [2.24, 2.45) is 0 Å². The number of carbonyl (C=O) groups excluding carboxylic acids is 1. The number of carbonyl (C=O) groups is 1. The van der Waals surface area contributed by atoms with Crippen molar-refractivity contribution in [2.75, 3.05) is 5.32 Å². The number of nitrogens with one attached hydrogen (secondary N) is 1. The molecule has 1 aromatic heterocycles. The number of rotatable bonds is 7. The molecule has 0 radical (unpaired) electrons. The SMILES string of the molecule is CCCn1c(C(C)N(Cc2ccccc2)C(=O)Nc2ccc(C(F)(F)F)cc2)nc2ccccc2c1=O. The molecule has 0 aliphatic carbocycles. The van der Waals surface area contributed by atoms with E-state index in [9.17, 15) is 22.8 Å². The molecule has 192 valence electrons. The van der Waals surface area contributed by atoms with Crippen LogP contribution in [0.15, 0.2) is 83.7 Å². The molecule has 0 spiro atoms. The van der Waals surface area contributed by atoms with Gasteiger partial charge in [0.05, 0.1) is 22.5 Å². The van der Waals surface area contributed by atoms with Crippen molar-refractivity contribution in [1.29, 1.82) is 0 Å². The van der Waals surface area contributed by atoms with E-state index in [0.29, 0.717) is 29.7 Å². The van der Waals surface area contributed by atoms with Crippen LogP contribution in [0.4, 0.5) is 23.7 Å². The second-order valence-corrected chi connectivity index (χ2v) is 8.74. The number of benzene rings is 3. The standard InChI is InChI=1S/C28H27F3N4O2/c1-3-17-34-25(33-24-12-8-7-11-23(24)26(34)36)19(2)35(18-20-9-5-4-6-10-20)27(37)32-22-15-13-21(14-16-22)28(29,30)31/h4-16,19H,3,17-18H2,1-2H3,(H,32,37). The molecular weight excluding hydrogens is 481 g/mol. The summed E-state index contributed by atoms with van der Waals surface area (Å²) < 4.78 is 40.5. The average molecular weight is 509 g/mol. The fourth-order valence-corrected chi connectivity index (χ4v) is 4.19. The third-order valence-electron chi connectivity index (χ3n) is 6.10. The van der Waals surface area contributed by atoms with Gasteiger partial charge in [0.25, 0.3) is 5.56 Å². The number of aromatic nitrogens is 2. The van der Waals surface area contributed by atoms with Crippen molar-refractivity contribution in [3.63, 3.8) is 0 Å². The Hall–Kier alpha value is -4.14. The maximum atomic E-state index is 13.5. The Balaban J connectivity index is 1.73. The van der Waals surface area contributed by atoms with Gasteiger partial charge >= 0.3 is 12.2 Å². The van der Waals surface area contributed by atoms with E-state index in [2.05, 4.69) is 5.32 Å². The minimum atomic E-state index is -4.47. The largest absolute Gasteiger partial charge is 0.416 e. The Morgan fingerprint density at radius 1 is 1.00 bits per heavy atom. The van der Waals surface area contributed by atoms with E-state index in [1.807, 2.05) is 37.3 Å². The van der Waals surface area contributed by atoms with Gasteiger partial charge in [0, 0.05) is 18.8 Å². The minimum absolute atomic E-state index is 0.183. The van der Waals surface area contributed by atoms with Crippen molar-refractivity contribution in [1.82, 2.24) is 14.5 Å². The molecule has 4 rings (SSSR count). The normalized spacial score (nSPS) is 12.4. The molecule has 3 aromatic carbocycles. The Kier molecular flexibility index (Phi) is 7.61. The summed E-state index contributed by atoms with van der Waals surface area (Å²) in [6.07, 6.45) is -3.78. The van der Waals surface area contributed by atoms with Gasteiger partial charge in [-0.2, -0.15) is 13.2 Å². The molecule has 4 aromatic rings. The number of urea groups is 1. The van der Waals surface area contributed by atoms with Crippen molar-refractivity contribution in [2.45, 2.75) is 45.6 Å². The molecule has 0 saturated carbocycles. The Morgan fingerprint density at radius 2 is 1.65 bits per heavy atom. The second kappa shape index (κ2) is 10.9. The van der Waals surface area contributed by atoms with Crippen LogP contribution in [0.1, 0.15) is 43.3 Å². The molecule has 37 heavy (non-hydrogen) atoms. The zero-order chi connectivity index (χ0) is 26.6. The van der Waals surface area contributed by atoms with Crippen molar-refractivity contribution < 1.29 is 18.0 Å². The molecule has 2 amide bonds. The molecule has 6 nitrogen and oxygen atoms in total. The number of para-hydroxylation sites is 1. The summed E-state index contributed by atoms with van der Waals surface area (Å²) in [6.45, 7) is 4.37. The zero-order valence-corrected chi connectivity index (χ0v) is 20.5. The molecule has 0 aliphatic rings. The summed E-state index contributed by atoms with van der Waals surface area (Å²) in [5.41, 5.74) is 0.619.